The van der Waals surface area contributed by atoms with Crippen LogP contribution in [0.25, 0.3) is 0 Å². The Hall–Kier alpha value is -2.14. The Morgan fingerprint density at radius 3 is 2.16 bits per heavy atom. The highest BCUT2D eigenvalue weighted by molar-refractivity contribution is 7.92. The van der Waals surface area contributed by atoms with E-state index >= 15 is 0 Å². The third-order valence-electron chi connectivity index (χ3n) is 4.49. The van der Waals surface area contributed by atoms with Gasteiger partial charge < -0.3 is 5.32 Å². The molecule has 8 nitrogen and oxygen atoms in total. The van der Waals surface area contributed by atoms with Gasteiger partial charge in [0, 0.05) is 25.7 Å². The number of nitrogens with zero attached hydrogens (tertiary/aromatic N) is 2. The molecule has 0 spiro atoms. The van der Waals surface area contributed by atoms with E-state index in [-0.39, 0.29) is 10.6 Å². The molecular weight excluding hydrogens is 462 g/mol. The van der Waals surface area contributed by atoms with Gasteiger partial charge in [-0.3, -0.25) is 9.10 Å². The fourth-order valence-electron chi connectivity index (χ4n) is 2.79. The molecule has 0 aliphatic rings. The zero-order valence-corrected chi connectivity index (χ0v) is 20.0. The topological polar surface area (TPSA) is 104 Å². The number of rotatable bonds is 10. The van der Waals surface area contributed by atoms with Crippen molar-refractivity contribution >= 4 is 43.2 Å². The van der Waals surface area contributed by atoms with Gasteiger partial charge in [-0.05, 0) is 48.7 Å². The SMILES string of the molecule is CN(C)S(=O)(=O)c1ccc(N(CC(=O)NCCCc2ccccc2Cl)S(C)(=O)=O)cc1. The van der Waals surface area contributed by atoms with E-state index in [1.165, 1.54) is 38.4 Å². The summed E-state index contributed by atoms with van der Waals surface area (Å²) >= 11 is 6.11. The Morgan fingerprint density at radius 1 is 1.00 bits per heavy atom. The van der Waals surface area contributed by atoms with E-state index in [9.17, 15) is 21.6 Å². The maximum atomic E-state index is 12.3. The van der Waals surface area contributed by atoms with Gasteiger partial charge in [0.25, 0.3) is 0 Å². The van der Waals surface area contributed by atoms with Gasteiger partial charge in [0.05, 0.1) is 16.8 Å². The molecule has 0 fully saturated rings. The Balaban J connectivity index is 2.02. The standard InChI is InChI=1S/C20H26ClN3O5S2/c1-23(2)31(28,29)18-12-10-17(11-13-18)24(30(3,26)27)15-20(25)22-14-6-8-16-7-4-5-9-19(16)21/h4-5,7,9-13H,6,8,14-15H2,1-3H3,(H,22,25). The third kappa shape index (κ3) is 6.93. The van der Waals surface area contributed by atoms with Crippen molar-refractivity contribution in [3.8, 4) is 0 Å². The number of sulfonamides is 2. The molecule has 0 aliphatic heterocycles. The largest absolute Gasteiger partial charge is 0.355 e. The second kappa shape index (κ2) is 10.4. The molecular formula is C20H26ClN3O5S2. The van der Waals surface area contributed by atoms with E-state index in [1.54, 1.807) is 6.07 Å². The van der Waals surface area contributed by atoms with Gasteiger partial charge >= 0.3 is 0 Å². The quantitative estimate of drug-likeness (QED) is 0.517. The minimum absolute atomic E-state index is 0.0266. The fourth-order valence-corrected chi connectivity index (χ4v) is 4.78. The van der Waals surface area contributed by atoms with Gasteiger partial charge in [-0.25, -0.2) is 21.1 Å². The summed E-state index contributed by atoms with van der Waals surface area (Å²) in [4.78, 5) is 12.3. The monoisotopic (exact) mass is 487 g/mol. The van der Waals surface area contributed by atoms with Crippen molar-refractivity contribution in [2.45, 2.75) is 17.7 Å². The lowest BCUT2D eigenvalue weighted by Crippen LogP contribution is -2.40. The number of aryl methyl sites for hydroxylation is 1. The van der Waals surface area contributed by atoms with Gasteiger partial charge in [0.2, 0.25) is 26.0 Å². The van der Waals surface area contributed by atoms with Crippen molar-refractivity contribution in [2.75, 3.05) is 37.7 Å². The maximum absolute atomic E-state index is 12.3. The molecule has 0 heterocycles. The summed E-state index contributed by atoms with van der Waals surface area (Å²) in [5.74, 6) is -0.463. The van der Waals surface area contributed by atoms with Gasteiger partial charge in [0.1, 0.15) is 6.54 Å². The lowest BCUT2D eigenvalue weighted by atomic mass is 10.1. The Morgan fingerprint density at radius 2 is 1.61 bits per heavy atom. The van der Waals surface area contributed by atoms with Crippen LogP contribution < -0.4 is 9.62 Å². The highest BCUT2D eigenvalue weighted by Gasteiger charge is 2.22. The molecule has 31 heavy (non-hydrogen) atoms. The zero-order valence-electron chi connectivity index (χ0n) is 17.6. The summed E-state index contributed by atoms with van der Waals surface area (Å²) in [6, 6.07) is 12.8. The van der Waals surface area contributed by atoms with E-state index in [0.717, 1.165) is 20.4 Å². The van der Waals surface area contributed by atoms with Crippen LogP contribution in [0.4, 0.5) is 5.69 Å². The number of anilines is 1. The summed E-state index contributed by atoms with van der Waals surface area (Å²) < 4.78 is 50.8. The molecule has 170 valence electrons. The third-order valence-corrected chi connectivity index (χ3v) is 7.83. The molecule has 0 aliphatic carbocycles. The van der Waals surface area contributed by atoms with Crippen LogP contribution in [-0.4, -0.2) is 60.5 Å². The van der Waals surface area contributed by atoms with Crippen LogP contribution in [0.15, 0.2) is 53.4 Å². The first kappa shape index (κ1) is 25.1. The molecule has 0 atom stereocenters. The lowest BCUT2D eigenvalue weighted by molar-refractivity contribution is -0.119. The maximum Gasteiger partial charge on any atom is 0.242 e. The zero-order chi connectivity index (χ0) is 23.2. The summed E-state index contributed by atoms with van der Waals surface area (Å²) in [6.07, 6.45) is 2.31. The van der Waals surface area contributed by atoms with Crippen LogP contribution in [0.5, 0.6) is 0 Å². The van der Waals surface area contributed by atoms with Crippen LogP contribution >= 0.6 is 11.6 Å². The molecule has 0 saturated heterocycles. The second-order valence-corrected chi connectivity index (χ2v) is 11.6. The Bertz CT molecular complexity index is 1120. The summed E-state index contributed by atoms with van der Waals surface area (Å²) in [5, 5.41) is 3.37. The first-order chi connectivity index (χ1) is 14.4. The summed E-state index contributed by atoms with van der Waals surface area (Å²) in [7, 11) is -4.59. The van der Waals surface area contributed by atoms with E-state index in [4.69, 9.17) is 11.6 Å². The molecule has 11 heteroatoms. The van der Waals surface area contributed by atoms with Crippen LogP contribution in [0.1, 0.15) is 12.0 Å². The minimum Gasteiger partial charge on any atom is -0.355 e. The van der Waals surface area contributed by atoms with Gasteiger partial charge in [-0.2, -0.15) is 0 Å². The molecule has 0 unspecified atom stereocenters. The van der Waals surface area contributed by atoms with Gasteiger partial charge in [-0.1, -0.05) is 29.8 Å². The predicted octanol–water partition coefficient (Wildman–Crippen LogP) is 2.11. The summed E-state index contributed by atoms with van der Waals surface area (Å²) in [5.41, 5.74) is 1.18. The number of hydrogen-bond acceptors (Lipinski definition) is 5. The average molecular weight is 488 g/mol. The van der Waals surface area contributed by atoms with Crippen molar-refractivity contribution < 1.29 is 21.6 Å². The van der Waals surface area contributed by atoms with Crippen LogP contribution in [0, 0.1) is 0 Å². The smallest absolute Gasteiger partial charge is 0.242 e. The number of carbonyl (C=O) groups excluding carboxylic acids is 1. The van der Waals surface area contributed by atoms with Crippen molar-refractivity contribution in [2.24, 2.45) is 0 Å². The van der Waals surface area contributed by atoms with E-state index in [2.05, 4.69) is 5.32 Å². The highest BCUT2D eigenvalue weighted by Crippen LogP contribution is 2.21. The Labute approximate surface area is 188 Å². The number of carbonyl (C=O) groups is 1. The molecule has 0 aromatic heterocycles. The molecule has 1 N–H and O–H groups in total. The van der Waals surface area contributed by atoms with E-state index < -0.39 is 32.5 Å². The van der Waals surface area contributed by atoms with E-state index in [1.807, 2.05) is 18.2 Å². The average Bonchev–Trinajstić information content (AvgIpc) is 2.70. The molecule has 2 aromatic carbocycles. The lowest BCUT2D eigenvalue weighted by Gasteiger charge is -2.22. The Kier molecular flexibility index (Phi) is 8.47. The number of amides is 1. The number of benzene rings is 2. The fraction of sp³-hybridized carbons (Fsp3) is 0.350. The molecule has 2 aromatic rings. The molecule has 0 radical (unpaired) electrons. The van der Waals surface area contributed by atoms with Crippen molar-refractivity contribution in [3.05, 3.63) is 59.1 Å². The second-order valence-electron chi connectivity index (χ2n) is 7.10. The van der Waals surface area contributed by atoms with Crippen molar-refractivity contribution in [3.63, 3.8) is 0 Å². The number of halogens is 1. The molecule has 0 bridgehead atoms. The molecule has 2 rings (SSSR count). The first-order valence-corrected chi connectivity index (χ1v) is 13.1. The van der Waals surface area contributed by atoms with Crippen LogP contribution in [-0.2, 0) is 31.3 Å². The van der Waals surface area contributed by atoms with Gasteiger partial charge in [0.15, 0.2) is 0 Å². The summed E-state index contributed by atoms with van der Waals surface area (Å²) in [6.45, 7) is -0.0492. The predicted molar refractivity (Wildman–Crippen MR) is 122 cm³/mol. The van der Waals surface area contributed by atoms with Gasteiger partial charge in [-0.15, -0.1) is 0 Å². The minimum atomic E-state index is -3.76. The normalized spacial score (nSPS) is 12.0. The molecule has 0 saturated carbocycles. The number of nitrogens with one attached hydrogen (secondary N) is 1. The number of hydrogen-bond donors (Lipinski definition) is 1. The van der Waals surface area contributed by atoms with E-state index in [0.29, 0.717) is 24.4 Å². The first-order valence-electron chi connectivity index (χ1n) is 9.43. The molecule has 1 amide bonds. The highest BCUT2D eigenvalue weighted by atomic mass is 35.5. The van der Waals surface area contributed by atoms with Crippen LogP contribution in [0.2, 0.25) is 5.02 Å². The van der Waals surface area contributed by atoms with Crippen molar-refractivity contribution in [1.82, 2.24) is 9.62 Å². The van der Waals surface area contributed by atoms with Crippen LogP contribution in [0.3, 0.4) is 0 Å². The van der Waals surface area contributed by atoms with Crippen molar-refractivity contribution in [1.29, 1.82) is 0 Å².